The van der Waals surface area contributed by atoms with Gasteiger partial charge in [-0.1, -0.05) is 0 Å². The highest BCUT2D eigenvalue weighted by Crippen LogP contribution is 2.38. The van der Waals surface area contributed by atoms with Crippen molar-refractivity contribution in [1.82, 2.24) is 14.5 Å². The zero-order valence-corrected chi connectivity index (χ0v) is 14.9. The predicted octanol–water partition coefficient (Wildman–Crippen LogP) is 2.14. The maximum atomic E-state index is 14.0. The number of halogens is 2. The van der Waals surface area contributed by atoms with Crippen molar-refractivity contribution >= 4 is 25.4 Å². The number of nitrogen functional groups attached to an aromatic ring is 1. The Morgan fingerprint density at radius 2 is 2.08 bits per heavy atom. The van der Waals surface area contributed by atoms with Gasteiger partial charge in [0.05, 0.1) is 19.8 Å². The second-order valence-electron chi connectivity index (χ2n) is 5.02. The molecule has 0 aliphatic heterocycles. The van der Waals surface area contributed by atoms with Crippen LogP contribution in [0.2, 0.25) is 0 Å². The molecule has 2 rings (SSSR count). The van der Waals surface area contributed by atoms with Crippen LogP contribution in [0, 0.1) is 5.82 Å². The van der Waals surface area contributed by atoms with Gasteiger partial charge in [0, 0.05) is 6.20 Å². The molecule has 0 saturated carbocycles. The van der Waals surface area contributed by atoms with E-state index in [0.29, 0.717) is 13.2 Å². The zero-order valence-electron chi connectivity index (χ0n) is 14.0. The van der Waals surface area contributed by atoms with Gasteiger partial charge in [-0.3, -0.25) is 9.78 Å². The molecule has 1 unspecified atom stereocenters. The molecule has 0 spiro atoms. The molecule has 0 fully saturated rings. The maximum absolute atomic E-state index is 14.0. The van der Waals surface area contributed by atoms with Crippen molar-refractivity contribution in [3.8, 4) is 0 Å². The summed E-state index contributed by atoms with van der Waals surface area (Å²) in [6.45, 7) is 3.71. The van der Waals surface area contributed by atoms with Crippen LogP contribution in [0.5, 0.6) is 0 Å². The summed E-state index contributed by atoms with van der Waals surface area (Å²) in [6.07, 6.45) is 0.290. The molecule has 0 radical (unpaired) electrons. The highest BCUT2D eigenvalue weighted by Gasteiger charge is 2.20. The molecule has 140 valence electrons. The Balaban J connectivity index is 2.13. The van der Waals surface area contributed by atoms with Crippen LogP contribution in [0.25, 0.3) is 11.0 Å². The first-order chi connectivity index (χ1) is 12.0. The summed E-state index contributed by atoms with van der Waals surface area (Å²) in [4.78, 5) is 17.9. The lowest BCUT2D eigenvalue weighted by atomic mass is 10.4. The largest absolute Gasteiger partial charge is 0.369 e. The van der Waals surface area contributed by atoms with Crippen molar-refractivity contribution in [2.75, 3.05) is 32.0 Å². The number of ether oxygens (including phenoxy) is 1. The van der Waals surface area contributed by atoms with E-state index in [1.807, 2.05) is 13.8 Å². The lowest BCUT2D eigenvalue weighted by molar-refractivity contribution is 0.0448. The minimum absolute atomic E-state index is 0.0335. The van der Waals surface area contributed by atoms with Crippen LogP contribution in [-0.2, 0) is 20.3 Å². The summed E-state index contributed by atoms with van der Waals surface area (Å²) in [5, 5.41) is -0.224. The standard InChI is InChI=1S/C14H21F2N4O4P/c1-3-23-25(24-4-2)8-22-9(5-15)6-20-7-10(16)11-12(20)18-14(17)19-13(11)21/h7,9H,3-6,8H2,1-2H3,(H3,17,18,19,21). The number of aromatic nitrogens is 3. The third-order valence-corrected chi connectivity index (χ3v) is 4.69. The average Bonchev–Trinajstić information content (AvgIpc) is 2.87. The average molecular weight is 378 g/mol. The van der Waals surface area contributed by atoms with Crippen LogP contribution in [0.4, 0.5) is 14.7 Å². The van der Waals surface area contributed by atoms with Crippen LogP contribution < -0.4 is 11.3 Å². The van der Waals surface area contributed by atoms with E-state index >= 15 is 0 Å². The number of hydrogen-bond donors (Lipinski definition) is 2. The molecule has 0 saturated heterocycles. The summed E-state index contributed by atoms with van der Waals surface area (Å²) < 4.78 is 44.9. The van der Waals surface area contributed by atoms with Crippen LogP contribution >= 0.6 is 8.38 Å². The summed E-state index contributed by atoms with van der Waals surface area (Å²) in [5.41, 5.74) is 4.85. The normalized spacial score (nSPS) is 13.0. The first-order valence-electron chi connectivity index (χ1n) is 7.75. The van der Waals surface area contributed by atoms with E-state index in [0.717, 1.165) is 6.20 Å². The summed E-state index contributed by atoms with van der Waals surface area (Å²) in [5.74, 6) is -0.905. The molecule has 2 aromatic rings. The Morgan fingerprint density at radius 3 is 2.68 bits per heavy atom. The Bertz CT molecular complexity index is 748. The molecule has 25 heavy (non-hydrogen) atoms. The molecule has 2 heterocycles. The van der Waals surface area contributed by atoms with Crippen LogP contribution in [0.15, 0.2) is 11.0 Å². The number of nitrogens with two attached hydrogens (primary N) is 1. The molecular formula is C14H21F2N4O4P. The van der Waals surface area contributed by atoms with Gasteiger partial charge in [0.2, 0.25) is 5.95 Å². The zero-order chi connectivity index (χ0) is 18.4. The molecule has 0 aliphatic carbocycles. The Kier molecular flexibility index (Phi) is 7.24. The van der Waals surface area contributed by atoms with E-state index in [2.05, 4.69) is 9.97 Å². The van der Waals surface area contributed by atoms with Gasteiger partial charge in [0.15, 0.2) is 19.8 Å². The fourth-order valence-electron chi connectivity index (χ4n) is 2.23. The molecule has 11 heteroatoms. The molecule has 0 amide bonds. The topological polar surface area (TPSA) is 104 Å². The third kappa shape index (κ3) is 4.94. The quantitative estimate of drug-likeness (QED) is 0.614. The SMILES string of the molecule is CCOP(COC(CF)Cn1cc(F)c2c(=O)[nH]c(N)nc21)OCC. The minimum atomic E-state index is -1.28. The van der Waals surface area contributed by atoms with Crippen molar-refractivity contribution < 1.29 is 22.6 Å². The van der Waals surface area contributed by atoms with E-state index in [9.17, 15) is 13.6 Å². The third-order valence-electron chi connectivity index (χ3n) is 3.23. The summed E-state index contributed by atoms with van der Waals surface area (Å²) in [6, 6.07) is 0. The highest BCUT2D eigenvalue weighted by molar-refractivity contribution is 7.47. The van der Waals surface area contributed by atoms with Gasteiger partial charge >= 0.3 is 0 Å². The molecule has 2 aromatic heterocycles. The van der Waals surface area contributed by atoms with E-state index in [1.54, 1.807) is 0 Å². The van der Waals surface area contributed by atoms with Crippen LogP contribution in [0.1, 0.15) is 13.8 Å². The lowest BCUT2D eigenvalue weighted by Crippen LogP contribution is -2.23. The summed E-state index contributed by atoms with van der Waals surface area (Å²) >= 11 is 0. The first-order valence-corrected chi connectivity index (χ1v) is 9.11. The monoisotopic (exact) mass is 378 g/mol. The van der Waals surface area contributed by atoms with Crippen molar-refractivity contribution in [2.24, 2.45) is 0 Å². The van der Waals surface area contributed by atoms with Crippen molar-refractivity contribution in [3.63, 3.8) is 0 Å². The van der Waals surface area contributed by atoms with Crippen molar-refractivity contribution in [1.29, 1.82) is 0 Å². The number of aromatic amines is 1. The van der Waals surface area contributed by atoms with Gasteiger partial charge in [-0.15, -0.1) is 0 Å². The van der Waals surface area contributed by atoms with Gasteiger partial charge < -0.3 is 24.1 Å². The fourth-order valence-corrected chi connectivity index (χ4v) is 3.37. The van der Waals surface area contributed by atoms with Gasteiger partial charge in [0.25, 0.3) is 5.56 Å². The van der Waals surface area contributed by atoms with Gasteiger partial charge in [-0.05, 0) is 13.8 Å². The summed E-state index contributed by atoms with van der Waals surface area (Å²) in [7, 11) is -1.28. The molecule has 1 atom stereocenters. The van der Waals surface area contributed by atoms with E-state index in [-0.39, 0.29) is 29.9 Å². The Hall–Kier alpha value is -1.61. The van der Waals surface area contributed by atoms with Gasteiger partial charge in [0.1, 0.15) is 24.5 Å². The molecular weight excluding hydrogens is 357 g/mol. The fraction of sp³-hybridized carbons (Fsp3) is 0.571. The van der Waals surface area contributed by atoms with Gasteiger partial charge in [-0.2, -0.15) is 4.98 Å². The number of alkyl halides is 1. The molecule has 8 nitrogen and oxygen atoms in total. The van der Waals surface area contributed by atoms with E-state index in [1.165, 1.54) is 4.57 Å². The number of rotatable bonds is 10. The molecule has 0 bridgehead atoms. The second-order valence-corrected chi connectivity index (χ2v) is 6.46. The number of anilines is 1. The van der Waals surface area contributed by atoms with Crippen LogP contribution in [0.3, 0.4) is 0 Å². The molecule has 0 aromatic carbocycles. The van der Waals surface area contributed by atoms with Crippen molar-refractivity contribution in [2.45, 2.75) is 26.5 Å². The number of nitrogens with one attached hydrogen (secondary N) is 1. The number of fused-ring (bicyclic) bond motifs is 1. The van der Waals surface area contributed by atoms with Gasteiger partial charge in [-0.25, -0.2) is 8.78 Å². The smallest absolute Gasteiger partial charge is 0.264 e. The predicted molar refractivity (Wildman–Crippen MR) is 90.6 cm³/mol. The van der Waals surface area contributed by atoms with E-state index < -0.39 is 32.5 Å². The first kappa shape index (κ1) is 19.7. The second kappa shape index (κ2) is 9.19. The maximum Gasteiger partial charge on any atom is 0.264 e. The van der Waals surface area contributed by atoms with Crippen molar-refractivity contribution in [3.05, 3.63) is 22.4 Å². The minimum Gasteiger partial charge on any atom is -0.369 e. The number of nitrogens with zero attached hydrogens (tertiary/aromatic N) is 2. The Labute approximate surface area is 144 Å². The lowest BCUT2D eigenvalue weighted by Gasteiger charge is -2.20. The number of hydrogen-bond acceptors (Lipinski definition) is 6. The highest BCUT2D eigenvalue weighted by atomic mass is 31.2. The molecule has 0 aliphatic rings. The van der Waals surface area contributed by atoms with E-state index in [4.69, 9.17) is 19.5 Å². The molecule has 3 N–H and O–H groups in total. The number of H-pyrrole nitrogens is 1. The Morgan fingerprint density at radius 1 is 1.40 bits per heavy atom. The van der Waals surface area contributed by atoms with Crippen LogP contribution in [-0.4, -0.2) is 46.9 Å².